The lowest BCUT2D eigenvalue weighted by Gasteiger charge is -2.20. The number of carbonyl (C=O) groups excluding carboxylic acids is 6. The minimum Gasteiger partial charge on any atom is -0.469 e. The van der Waals surface area contributed by atoms with Crippen molar-refractivity contribution in [1.29, 1.82) is 0 Å². The summed E-state index contributed by atoms with van der Waals surface area (Å²) in [6, 6.07) is 0. The number of esters is 6. The number of unbranched alkanes of at least 4 members (excludes halogenated alkanes) is 4. The van der Waals surface area contributed by atoms with Gasteiger partial charge in [0.2, 0.25) is 0 Å². The minimum atomic E-state index is -0.481. The van der Waals surface area contributed by atoms with Crippen LogP contribution in [0.2, 0.25) is 0 Å². The summed E-state index contributed by atoms with van der Waals surface area (Å²) in [5.41, 5.74) is -0.444. The maximum absolute atomic E-state index is 11.3. The van der Waals surface area contributed by atoms with Crippen LogP contribution < -0.4 is 0 Å². The molecule has 0 aromatic carbocycles. The third kappa shape index (κ3) is 48.9. The zero-order valence-electron chi connectivity index (χ0n) is 46.8. The van der Waals surface area contributed by atoms with E-state index < -0.39 is 5.41 Å². The highest BCUT2D eigenvalue weighted by atomic mass is 16.5. The molecule has 0 heterocycles. The summed E-state index contributed by atoms with van der Waals surface area (Å²) >= 11 is 0. The summed E-state index contributed by atoms with van der Waals surface area (Å²) in [7, 11) is 8.42. The van der Waals surface area contributed by atoms with Gasteiger partial charge in [0.25, 0.3) is 0 Å². The van der Waals surface area contributed by atoms with Gasteiger partial charge in [0.1, 0.15) is 0 Å². The highest BCUT2D eigenvalue weighted by Crippen LogP contribution is 2.26. The predicted molar refractivity (Wildman–Crippen MR) is 287 cm³/mol. The summed E-state index contributed by atoms with van der Waals surface area (Å²) in [6.45, 7) is 40.5. The van der Waals surface area contributed by atoms with Gasteiger partial charge in [0.05, 0.1) is 64.3 Å². The van der Waals surface area contributed by atoms with Gasteiger partial charge in [-0.2, -0.15) is 0 Å². The Kier molecular flexibility index (Phi) is 55.0. The van der Waals surface area contributed by atoms with Crippen LogP contribution in [-0.2, 0) is 57.2 Å². The lowest BCUT2D eigenvalue weighted by atomic mass is 9.87. The summed E-state index contributed by atoms with van der Waals surface area (Å²) in [4.78, 5) is 65.5. The van der Waals surface area contributed by atoms with E-state index in [2.05, 4.69) is 78.2 Å². The van der Waals surface area contributed by atoms with E-state index in [0.29, 0.717) is 11.1 Å². The quantitative estimate of drug-likeness (QED) is 0.0253. The van der Waals surface area contributed by atoms with Gasteiger partial charge in [-0.15, -0.1) is 0 Å². The predicted octanol–water partition coefficient (Wildman–Crippen LogP) is 14.5. The number of rotatable bonds is 22. The maximum atomic E-state index is 11.3. The molecule has 0 bridgehead atoms. The Morgan fingerprint density at radius 3 is 1.15 bits per heavy atom. The fourth-order valence-electron chi connectivity index (χ4n) is 4.80. The molecule has 0 aliphatic carbocycles. The van der Waals surface area contributed by atoms with Gasteiger partial charge >= 0.3 is 35.8 Å². The highest BCUT2D eigenvalue weighted by molar-refractivity contribution is 5.88. The van der Waals surface area contributed by atoms with E-state index in [1.54, 1.807) is 38.2 Å². The molecule has 0 radical (unpaired) electrons. The first-order chi connectivity index (χ1) is 31.5. The van der Waals surface area contributed by atoms with E-state index in [4.69, 9.17) is 9.47 Å². The first-order valence-corrected chi connectivity index (χ1v) is 23.5. The van der Waals surface area contributed by atoms with Crippen molar-refractivity contribution < 1.29 is 60.0 Å². The van der Waals surface area contributed by atoms with Gasteiger partial charge in [0.15, 0.2) is 0 Å². The number of allylic oxidation sites excluding steroid dienone is 7. The molecule has 0 rings (SSSR count). The molecule has 68 heavy (non-hydrogen) atoms. The van der Waals surface area contributed by atoms with Crippen molar-refractivity contribution in [2.45, 2.75) is 174 Å². The van der Waals surface area contributed by atoms with Crippen molar-refractivity contribution in [3.8, 4) is 0 Å². The molecule has 0 fully saturated rings. The summed E-state index contributed by atoms with van der Waals surface area (Å²) in [5, 5.41) is 0. The molecule has 0 saturated carbocycles. The Bertz CT molecular complexity index is 1500. The van der Waals surface area contributed by atoms with Crippen LogP contribution in [0.25, 0.3) is 0 Å². The van der Waals surface area contributed by atoms with Crippen LogP contribution in [0.15, 0.2) is 86.1 Å². The normalized spacial score (nSPS) is 10.7. The van der Waals surface area contributed by atoms with Crippen LogP contribution >= 0.6 is 0 Å². The van der Waals surface area contributed by atoms with Crippen molar-refractivity contribution in [3.05, 3.63) is 86.1 Å². The fraction of sp³-hybridized carbons (Fsp3) is 0.643. The van der Waals surface area contributed by atoms with Gasteiger partial charge in [-0.1, -0.05) is 141 Å². The van der Waals surface area contributed by atoms with Crippen LogP contribution in [0.5, 0.6) is 0 Å². The highest BCUT2D eigenvalue weighted by Gasteiger charge is 2.29. The number of methoxy groups -OCH3 is 6. The van der Waals surface area contributed by atoms with E-state index >= 15 is 0 Å². The van der Waals surface area contributed by atoms with Crippen molar-refractivity contribution in [1.82, 2.24) is 0 Å². The van der Waals surface area contributed by atoms with E-state index in [1.807, 2.05) is 74.5 Å². The first-order valence-electron chi connectivity index (χ1n) is 23.5. The van der Waals surface area contributed by atoms with Crippen LogP contribution in [-0.4, -0.2) is 78.5 Å². The summed E-state index contributed by atoms with van der Waals surface area (Å²) in [6.07, 6.45) is 27.2. The maximum Gasteiger partial charge on any atom is 0.333 e. The van der Waals surface area contributed by atoms with Crippen LogP contribution in [0.3, 0.4) is 0 Å². The van der Waals surface area contributed by atoms with E-state index in [-0.39, 0.29) is 54.9 Å². The fourth-order valence-corrected chi connectivity index (χ4v) is 4.80. The van der Waals surface area contributed by atoms with Crippen molar-refractivity contribution >= 4 is 35.8 Å². The van der Waals surface area contributed by atoms with Crippen molar-refractivity contribution in [2.24, 2.45) is 21.7 Å². The largest absolute Gasteiger partial charge is 0.469 e. The van der Waals surface area contributed by atoms with Crippen molar-refractivity contribution in [2.75, 3.05) is 42.7 Å². The molecule has 0 aromatic rings. The number of hydrogen-bond acceptors (Lipinski definition) is 12. The van der Waals surface area contributed by atoms with Crippen molar-refractivity contribution in [3.63, 3.8) is 0 Å². The van der Waals surface area contributed by atoms with Gasteiger partial charge in [0, 0.05) is 14.0 Å². The molecule has 0 amide bonds. The average molecular weight is 969 g/mol. The number of ether oxygens (including phenoxy) is 6. The Morgan fingerprint density at radius 2 is 0.853 bits per heavy atom. The molecule has 12 nitrogen and oxygen atoms in total. The molecule has 0 N–H and O–H groups in total. The van der Waals surface area contributed by atoms with Gasteiger partial charge < -0.3 is 28.4 Å². The summed E-state index contributed by atoms with van der Waals surface area (Å²) in [5.74, 6) is -1.18. The zero-order chi connectivity index (χ0) is 55.0. The Labute approximate surface area is 419 Å². The second-order valence-electron chi connectivity index (χ2n) is 17.8. The molecule has 0 aliphatic heterocycles. The third-order valence-electron chi connectivity index (χ3n) is 9.42. The second-order valence-corrected chi connectivity index (χ2v) is 17.8. The van der Waals surface area contributed by atoms with E-state index in [9.17, 15) is 28.8 Å². The first kappa shape index (κ1) is 77.2. The molecule has 0 aliphatic rings. The topological polar surface area (TPSA) is 158 Å². The lowest BCUT2D eigenvalue weighted by Crippen LogP contribution is -2.25. The Balaban J connectivity index is -0.0000000899. The van der Waals surface area contributed by atoms with Crippen LogP contribution in [0, 0.1) is 21.7 Å². The molecular weight excluding hydrogens is 865 g/mol. The minimum absolute atomic E-state index is 0. The molecule has 0 aromatic heterocycles. The smallest absolute Gasteiger partial charge is 0.333 e. The Morgan fingerprint density at radius 1 is 0.471 bits per heavy atom. The van der Waals surface area contributed by atoms with E-state index in [1.165, 1.54) is 61.9 Å². The molecular formula is C56H104O12. The van der Waals surface area contributed by atoms with Crippen LogP contribution in [0.4, 0.5) is 0 Å². The monoisotopic (exact) mass is 969 g/mol. The molecule has 0 spiro atoms. The van der Waals surface area contributed by atoms with Gasteiger partial charge in [-0.25, -0.2) is 9.59 Å². The number of carbonyl (C=O) groups is 6. The molecule has 0 atom stereocenters. The SMILES string of the molecule is C=C(C)C(=O)OC.C=C/C=C(\C)C(=O)OC.C=CC=C.CC/C=C/C(C)(C)C(=O)OC.CC/C=C/CCC(C)(C)C(=O)OC.CCCCC(C)(C)C(=O)OC.CCCCCCC(C)(C)C(=O)OC.[HH].[HH]. The van der Waals surface area contributed by atoms with Gasteiger partial charge in [-0.3, -0.25) is 19.2 Å². The molecule has 12 heteroatoms. The third-order valence-corrected chi connectivity index (χ3v) is 9.42. The Hall–Kier alpha value is -5.00. The van der Waals surface area contributed by atoms with Crippen LogP contribution in [0.1, 0.15) is 177 Å². The second kappa shape index (κ2) is 48.5. The van der Waals surface area contributed by atoms with Gasteiger partial charge in [-0.05, 0) is 108 Å². The number of hydrogen-bond donors (Lipinski definition) is 0. The van der Waals surface area contributed by atoms with E-state index in [0.717, 1.165) is 57.8 Å². The lowest BCUT2D eigenvalue weighted by molar-refractivity contribution is -0.151. The standard InChI is InChI=1S/C11H22O2.C11H20O2.C9H18O2.C9H16O2.C7H10O2.C5H8O2.C4H6.2H2/c2*1-5-6-7-8-9-11(2,3)10(12)13-4;2*1-5-6-7-9(2,3)8(10)11-4;1-4-5-6(2)7(8)9-3;1-4(2)5(6)7-3;1-3-4-2;;/h5-9H2,1-4H3;6-7H,5,8-9H2,1-4H3;5-7H2,1-4H3;6-7H,5H2,1-4H3;4-5H,1H2,2-3H3;1H2,2-3H3;3-4H,1-2H2;2*1H/b;7-6+;;7-6+;6-5+;;;;. The molecule has 0 saturated heterocycles. The average Bonchev–Trinajstić information content (AvgIpc) is 3.32. The molecule has 400 valence electrons. The summed E-state index contributed by atoms with van der Waals surface area (Å²) < 4.78 is 27.4. The molecule has 0 unspecified atom stereocenters. The zero-order valence-corrected chi connectivity index (χ0v) is 46.8.